The molecule has 4 atom stereocenters. The lowest BCUT2D eigenvalue weighted by molar-refractivity contribution is -0.125. The van der Waals surface area contributed by atoms with Crippen molar-refractivity contribution in [3.05, 3.63) is 0 Å². The summed E-state index contributed by atoms with van der Waals surface area (Å²) in [7, 11) is 0. The Morgan fingerprint density at radius 2 is 1.82 bits per heavy atom. The molecule has 2 fully saturated rings. The van der Waals surface area contributed by atoms with Gasteiger partial charge in [0, 0.05) is 18.6 Å². The van der Waals surface area contributed by atoms with E-state index in [1.807, 2.05) is 13.8 Å². The Hall–Kier alpha value is -1.38. The number of aliphatic hydroxyl groups excluding tert-OH is 2. The molecule has 2 aliphatic rings. The van der Waals surface area contributed by atoms with Gasteiger partial charge >= 0.3 is 6.03 Å². The summed E-state index contributed by atoms with van der Waals surface area (Å²) in [6.45, 7) is 3.73. The van der Waals surface area contributed by atoms with Crippen molar-refractivity contribution in [3.63, 3.8) is 0 Å². The Balaban J connectivity index is 1.76. The normalized spacial score (nSPS) is 31.1. The van der Waals surface area contributed by atoms with Crippen LogP contribution in [0.25, 0.3) is 0 Å². The molecule has 4 unspecified atom stereocenters. The van der Waals surface area contributed by atoms with E-state index in [1.54, 1.807) is 0 Å². The van der Waals surface area contributed by atoms with Gasteiger partial charge < -0.3 is 30.9 Å². The molecule has 0 aromatic heterocycles. The molecule has 0 aromatic carbocycles. The van der Waals surface area contributed by atoms with Crippen molar-refractivity contribution in [1.29, 1.82) is 0 Å². The molecule has 0 radical (unpaired) electrons. The van der Waals surface area contributed by atoms with Crippen LogP contribution in [0.4, 0.5) is 4.79 Å². The molecule has 1 saturated carbocycles. The van der Waals surface area contributed by atoms with Gasteiger partial charge in [-0.15, -0.1) is 0 Å². The number of hydrogen-bond acceptors (Lipinski definition) is 5. The highest BCUT2D eigenvalue weighted by Gasteiger charge is 2.43. The first-order chi connectivity index (χ1) is 10.4. The Morgan fingerprint density at radius 1 is 1.18 bits per heavy atom. The van der Waals surface area contributed by atoms with Crippen molar-refractivity contribution in [1.82, 2.24) is 16.0 Å². The molecule has 3 amide bonds. The second kappa shape index (κ2) is 7.26. The summed E-state index contributed by atoms with van der Waals surface area (Å²) in [4.78, 5) is 23.2. The largest absolute Gasteiger partial charge is 0.388 e. The lowest BCUT2D eigenvalue weighted by atomic mass is 10.1. The van der Waals surface area contributed by atoms with E-state index in [1.165, 1.54) is 0 Å². The zero-order valence-corrected chi connectivity index (χ0v) is 12.9. The third-order valence-corrected chi connectivity index (χ3v) is 3.67. The van der Waals surface area contributed by atoms with Gasteiger partial charge in [-0.05, 0) is 26.7 Å². The Labute approximate surface area is 129 Å². The predicted molar refractivity (Wildman–Crippen MR) is 78.1 cm³/mol. The molecular weight excluding hydrogens is 290 g/mol. The van der Waals surface area contributed by atoms with Crippen LogP contribution < -0.4 is 16.0 Å². The number of hydrogen-bond donors (Lipinski definition) is 5. The number of urea groups is 1. The molecule has 0 spiro atoms. The smallest absolute Gasteiger partial charge is 0.315 e. The summed E-state index contributed by atoms with van der Waals surface area (Å²) >= 11 is 0. The van der Waals surface area contributed by atoms with Crippen LogP contribution in [0.15, 0.2) is 0 Å². The Morgan fingerprint density at radius 3 is 2.41 bits per heavy atom. The summed E-state index contributed by atoms with van der Waals surface area (Å²) in [5.74, 6) is -0.190. The Bertz CT molecular complexity index is 413. The number of aliphatic hydroxyl groups is 2. The maximum Gasteiger partial charge on any atom is 0.315 e. The monoisotopic (exact) mass is 315 g/mol. The van der Waals surface area contributed by atoms with E-state index in [9.17, 15) is 19.8 Å². The highest BCUT2D eigenvalue weighted by atomic mass is 16.5. The van der Waals surface area contributed by atoms with Crippen molar-refractivity contribution in [2.75, 3.05) is 6.54 Å². The first-order valence-electron chi connectivity index (χ1n) is 7.72. The van der Waals surface area contributed by atoms with Crippen molar-refractivity contribution in [2.45, 2.75) is 69.6 Å². The molecule has 1 aliphatic carbocycles. The molecule has 8 heteroatoms. The van der Waals surface area contributed by atoms with Crippen molar-refractivity contribution >= 4 is 11.9 Å². The van der Waals surface area contributed by atoms with E-state index in [2.05, 4.69) is 16.0 Å². The average Bonchev–Trinajstić information content (AvgIpc) is 3.19. The van der Waals surface area contributed by atoms with Gasteiger partial charge in [0.25, 0.3) is 0 Å². The average molecular weight is 315 g/mol. The minimum atomic E-state index is -1.13. The summed E-state index contributed by atoms with van der Waals surface area (Å²) in [5.41, 5.74) is 0. The second-order valence-corrected chi connectivity index (χ2v) is 6.25. The van der Waals surface area contributed by atoms with Crippen LogP contribution in [0.1, 0.15) is 33.1 Å². The van der Waals surface area contributed by atoms with Crippen LogP contribution in [0.3, 0.4) is 0 Å². The third kappa shape index (κ3) is 4.82. The van der Waals surface area contributed by atoms with Gasteiger partial charge in [0.05, 0.1) is 12.5 Å². The molecule has 1 saturated heterocycles. The van der Waals surface area contributed by atoms with Crippen LogP contribution in [-0.2, 0) is 9.53 Å². The number of amides is 3. The lowest BCUT2D eigenvalue weighted by Gasteiger charge is -2.16. The molecule has 126 valence electrons. The van der Waals surface area contributed by atoms with E-state index in [-0.39, 0.29) is 37.0 Å². The summed E-state index contributed by atoms with van der Waals surface area (Å²) < 4.78 is 5.51. The van der Waals surface area contributed by atoms with Gasteiger partial charge in [-0.1, -0.05) is 0 Å². The topological polar surface area (TPSA) is 120 Å². The molecule has 1 heterocycles. The maximum absolute atomic E-state index is 11.7. The maximum atomic E-state index is 11.7. The zero-order valence-electron chi connectivity index (χ0n) is 12.9. The minimum absolute atomic E-state index is 0.00104. The fraction of sp³-hybridized carbons (Fsp3) is 0.857. The van der Waals surface area contributed by atoms with Crippen molar-refractivity contribution in [2.24, 2.45) is 0 Å². The molecular formula is C14H25N3O5. The molecule has 8 nitrogen and oxygen atoms in total. The number of carbonyl (C=O) groups excluding carboxylic acids is 2. The number of rotatable bonds is 6. The van der Waals surface area contributed by atoms with Crippen molar-refractivity contribution < 1.29 is 24.5 Å². The number of nitrogens with one attached hydrogen (secondary N) is 3. The summed E-state index contributed by atoms with van der Waals surface area (Å²) in [6.07, 6.45) is -1.77. The van der Waals surface area contributed by atoms with E-state index in [4.69, 9.17) is 4.74 Å². The zero-order chi connectivity index (χ0) is 16.3. The third-order valence-electron chi connectivity index (χ3n) is 3.67. The molecule has 2 rings (SSSR count). The van der Waals surface area contributed by atoms with Crippen LogP contribution in [0.5, 0.6) is 0 Å². The van der Waals surface area contributed by atoms with Crippen molar-refractivity contribution in [3.8, 4) is 0 Å². The van der Waals surface area contributed by atoms with E-state index >= 15 is 0 Å². The van der Waals surface area contributed by atoms with Gasteiger partial charge in [0.15, 0.2) is 0 Å². The van der Waals surface area contributed by atoms with Crippen LogP contribution in [0, 0.1) is 0 Å². The van der Waals surface area contributed by atoms with Gasteiger partial charge in [-0.25, -0.2) is 4.79 Å². The summed E-state index contributed by atoms with van der Waals surface area (Å²) in [6, 6.07) is -0.123. The predicted octanol–water partition coefficient (Wildman–Crippen LogP) is -1.15. The standard InChI is InChI=1S/C14H25N3O5/c1-7(2)16-14(21)15-6-10-13(20)12(19)9(22-10)5-11(18)17-8-3-4-8/h7-10,12-13,19-20H,3-6H2,1-2H3,(H,17,18)(H2,15,16,21). The van der Waals surface area contributed by atoms with E-state index < -0.39 is 24.4 Å². The van der Waals surface area contributed by atoms with Gasteiger partial charge in [-0.2, -0.15) is 0 Å². The molecule has 22 heavy (non-hydrogen) atoms. The fourth-order valence-corrected chi connectivity index (χ4v) is 2.37. The quantitative estimate of drug-likeness (QED) is 0.424. The molecule has 5 N–H and O–H groups in total. The van der Waals surface area contributed by atoms with Crippen LogP contribution in [0.2, 0.25) is 0 Å². The van der Waals surface area contributed by atoms with Crippen LogP contribution in [-0.4, -0.2) is 65.2 Å². The molecule has 0 aromatic rings. The van der Waals surface area contributed by atoms with Gasteiger partial charge in [0.1, 0.15) is 18.3 Å². The lowest BCUT2D eigenvalue weighted by Crippen LogP contribution is -2.45. The SMILES string of the molecule is CC(C)NC(=O)NCC1OC(CC(=O)NC2CC2)C(O)C1O. The molecule has 1 aliphatic heterocycles. The highest BCUT2D eigenvalue weighted by molar-refractivity contribution is 5.77. The summed E-state index contributed by atoms with van der Waals surface area (Å²) in [5, 5.41) is 27.9. The van der Waals surface area contributed by atoms with Crippen LogP contribution >= 0.6 is 0 Å². The Kier molecular flexibility index (Phi) is 5.60. The minimum Gasteiger partial charge on any atom is -0.388 e. The van der Waals surface area contributed by atoms with E-state index in [0.717, 1.165) is 12.8 Å². The van der Waals surface area contributed by atoms with Gasteiger partial charge in [0.2, 0.25) is 5.91 Å². The first-order valence-corrected chi connectivity index (χ1v) is 7.72. The van der Waals surface area contributed by atoms with E-state index in [0.29, 0.717) is 0 Å². The number of ether oxygens (including phenoxy) is 1. The van der Waals surface area contributed by atoms with Gasteiger partial charge in [-0.3, -0.25) is 4.79 Å². The first kappa shape index (κ1) is 17.0. The highest BCUT2D eigenvalue weighted by Crippen LogP contribution is 2.24. The fourth-order valence-electron chi connectivity index (χ4n) is 2.37. The molecule has 0 bridgehead atoms. The number of carbonyl (C=O) groups is 2. The second-order valence-electron chi connectivity index (χ2n) is 6.25.